The van der Waals surface area contributed by atoms with Crippen molar-refractivity contribution in [2.45, 2.75) is 11.8 Å². The van der Waals surface area contributed by atoms with Gasteiger partial charge in [-0.1, -0.05) is 36.4 Å². The van der Waals surface area contributed by atoms with Crippen molar-refractivity contribution in [1.82, 2.24) is 15.2 Å². The molecule has 0 aliphatic heterocycles. The summed E-state index contributed by atoms with van der Waals surface area (Å²) >= 11 is 0. The molecule has 0 spiro atoms. The number of aromatic nitrogens is 3. The van der Waals surface area contributed by atoms with E-state index in [1.807, 2.05) is 24.3 Å². The zero-order valence-electron chi connectivity index (χ0n) is 16.8. The van der Waals surface area contributed by atoms with Crippen LogP contribution in [-0.2, 0) is 11.8 Å². The molecule has 0 fully saturated rings. The van der Waals surface area contributed by atoms with Crippen LogP contribution in [0.1, 0.15) is 22.4 Å². The molecule has 2 aromatic heterocycles. The smallest absolute Gasteiger partial charge is 0.247 e. The lowest BCUT2D eigenvalue weighted by Gasteiger charge is -2.34. The Morgan fingerprint density at radius 2 is 1.57 bits per heavy atom. The normalized spacial score (nSPS) is 14.3. The van der Waals surface area contributed by atoms with Gasteiger partial charge in [-0.25, -0.2) is 4.98 Å². The number of oxazole rings is 1. The van der Waals surface area contributed by atoms with Gasteiger partial charge in [-0.15, -0.1) is 0 Å². The molecular weight excluding hydrogens is 378 g/mol. The molecule has 1 N–H and O–H groups in total. The van der Waals surface area contributed by atoms with Crippen LogP contribution in [-0.4, -0.2) is 29.4 Å². The van der Waals surface area contributed by atoms with Crippen molar-refractivity contribution in [2.24, 2.45) is 0 Å². The van der Waals surface area contributed by atoms with E-state index in [4.69, 9.17) is 13.9 Å². The Morgan fingerprint density at radius 1 is 0.933 bits per heavy atom. The van der Waals surface area contributed by atoms with Gasteiger partial charge in [0.25, 0.3) is 0 Å². The van der Waals surface area contributed by atoms with Gasteiger partial charge in [0.2, 0.25) is 5.89 Å². The number of rotatable bonds is 5. The average Bonchev–Trinajstić information content (AvgIpc) is 3.48. The second kappa shape index (κ2) is 7.22. The third kappa shape index (κ3) is 2.88. The summed E-state index contributed by atoms with van der Waals surface area (Å²) in [5.41, 5.74) is 4.76. The summed E-state index contributed by atoms with van der Waals surface area (Å²) < 4.78 is 16.2. The molecule has 1 aliphatic carbocycles. The predicted octanol–water partition coefficient (Wildman–Crippen LogP) is 4.64. The molecule has 6 nitrogen and oxygen atoms in total. The number of H-pyrrole nitrogens is 1. The minimum Gasteiger partial charge on any atom is -0.497 e. The summed E-state index contributed by atoms with van der Waals surface area (Å²) in [6, 6.07) is 16.4. The SMILES string of the molecule is COc1ccc(C2(c3ccc(OC)cc3)C=Cc3c(-c4ncco4)n[nH]c3C2)cc1. The molecule has 2 heterocycles. The van der Waals surface area contributed by atoms with E-state index in [0.717, 1.165) is 34.9 Å². The van der Waals surface area contributed by atoms with Gasteiger partial charge < -0.3 is 13.9 Å². The van der Waals surface area contributed by atoms with Crippen molar-refractivity contribution in [3.8, 4) is 23.1 Å². The number of nitrogens with zero attached hydrogens (tertiary/aromatic N) is 2. The molecule has 0 unspecified atom stereocenters. The molecule has 2 aromatic carbocycles. The largest absolute Gasteiger partial charge is 0.497 e. The Morgan fingerprint density at radius 3 is 2.10 bits per heavy atom. The second-order valence-corrected chi connectivity index (χ2v) is 7.24. The molecule has 0 bridgehead atoms. The van der Waals surface area contributed by atoms with E-state index in [1.54, 1.807) is 26.7 Å². The van der Waals surface area contributed by atoms with Crippen LogP contribution < -0.4 is 9.47 Å². The Labute approximate surface area is 174 Å². The second-order valence-electron chi connectivity index (χ2n) is 7.24. The minimum absolute atomic E-state index is 0.355. The number of methoxy groups -OCH3 is 2. The Kier molecular flexibility index (Phi) is 4.39. The Hall–Kier alpha value is -3.80. The molecule has 1 aliphatic rings. The molecule has 0 saturated carbocycles. The third-order valence-corrected chi connectivity index (χ3v) is 5.72. The van der Waals surface area contributed by atoms with Crippen LogP contribution in [0, 0.1) is 0 Å². The fourth-order valence-corrected chi connectivity index (χ4v) is 4.11. The van der Waals surface area contributed by atoms with E-state index in [0.29, 0.717) is 5.89 Å². The van der Waals surface area contributed by atoms with E-state index in [2.05, 4.69) is 51.6 Å². The van der Waals surface area contributed by atoms with Crippen molar-refractivity contribution < 1.29 is 13.9 Å². The molecule has 6 heteroatoms. The van der Waals surface area contributed by atoms with Crippen LogP contribution >= 0.6 is 0 Å². The van der Waals surface area contributed by atoms with Gasteiger partial charge in [-0.2, -0.15) is 5.10 Å². The van der Waals surface area contributed by atoms with Gasteiger partial charge in [0, 0.05) is 23.1 Å². The lowest BCUT2D eigenvalue weighted by molar-refractivity contribution is 0.414. The summed E-state index contributed by atoms with van der Waals surface area (Å²) in [7, 11) is 3.35. The summed E-state index contributed by atoms with van der Waals surface area (Å²) in [6.07, 6.45) is 8.26. The van der Waals surface area contributed by atoms with Crippen molar-refractivity contribution in [3.63, 3.8) is 0 Å². The highest BCUT2D eigenvalue weighted by molar-refractivity contribution is 5.73. The van der Waals surface area contributed by atoms with E-state index in [-0.39, 0.29) is 5.41 Å². The summed E-state index contributed by atoms with van der Waals surface area (Å²) in [5.74, 6) is 2.17. The number of allylic oxidation sites excluding steroid dienone is 1. The molecule has 0 radical (unpaired) electrons. The van der Waals surface area contributed by atoms with E-state index in [1.165, 1.54) is 11.1 Å². The zero-order chi connectivity index (χ0) is 20.6. The van der Waals surface area contributed by atoms with Crippen LogP contribution in [0.5, 0.6) is 11.5 Å². The Bertz CT molecular complexity index is 1130. The molecule has 0 amide bonds. The van der Waals surface area contributed by atoms with Crippen LogP contribution in [0.3, 0.4) is 0 Å². The fourth-order valence-electron chi connectivity index (χ4n) is 4.11. The van der Waals surface area contributed by atoms with Crippen LogP contribution in [0.25, 0.3) is 17.7 Å². The van der Waals surface area contributed by atoms with Crippen LogP contribution in [0.4, 0.5) is 0 Å². The van der Waals surface area contributed by atoms with Crippen LogP contribution in [0.15, 0.2) is 71.5 Å². The fraction of sp³-hybridized carbons (Fsp3) is 0.167. The van der Waals surface area contributed by atoms with Crippen molar-refractivity contribution >= 4 is 6.08 Å². The van der Waals surface area contributed by atoms with Crippen molar-refractivity contribution in [1.29, 1.82) is 0 Å². The number of hydrogen-bond donors (Lipinski definition) is 1. The molecule has 150 valence electrons. The first-order valence-electron chi connectivity index (χ1n) is 9.69. The van der Waals surface area contributed by atoms with E-state index < -0.39 is 0 Å². The molecule has 5 rings (SSSR count). The maximum Gasteiger partial charge on any atom is 0.247 e. The predicted molar refractivity (Wildman–Crippen MR) is 114 cm³/mol. The van der Waals surface area contributed by atoms with Gasteiger partial charge in [0.05, 0.1) is 20.4 Å². The highest BCUT2D eigenvalue weighted by atomic mass is 16.5. The van der Waals surface area contributed by atoms with Gasteiger partial charge in [0.15, 0.2) is 5.69 Å². The number of aromatic amines is 1. The third-order valence-electron chi connectivity index (χ3n) is 5.72. The van der Waals surface area contributed by atoms with Crippen molar-refractivity contribution in [2.75, 3.05) is 14.2 Å². The maximum absolute atomic E-state index is 5.46. The number of ether oxygens (including phenoxy) is 2. The molecular formula is C24H21N3O3. The van der Waals surface area contributed by atoms with E-state index >= 15 is 0 Å². The number of fused-ring (bicyclic) bond motifs is 1. The van der Waals surface area contributed by atoms with Gasteiger partial charge >= 0.3 is 0 Å². The van der Waals surface area contributed by atoms with Gasteiger partial charge in [0.1, 0.15) is 17.8 Å². The first-order valence-corrected chi connectivity index (χ1v) is 9.69. The quantitative estimate of drug-likeness (QED) is 0.529. The monoisotopic (exact) mass is 399 g/mol. The summed E-state index contributed by atoms with van der Waals surface area (Å²) in [4.78, 5) is 4.25. The minimum atomic E-state index is -0.355. The standard InChI is InChI=1S/C24H21N3O3/c1-28-18-7-3-16(4-8-18)24(17-5-9-19(29-2)10-6-17)12-11-20-21(15-24)26-27-22(20)23-25-13-14-30-23/h3-14H,15H2,1-2H3,(H,26,27). The lowest BCUT2D eigenvalue weighted by atomic mass is 9.68. The first kappa shape index (κ1) is 18.2. The number of benzene rings is 2. The number of hydrogen-bond acceptors (Lipinski definition) is 5. The van der Waals surface area contributed by atoms with Crippen LogP contribution in [0.2, 0.25) is 0 Å². The lowest BCUT2D eigenvalue weighted by Crippen LogP contribution is -2.30. The molecule has 4 aromatic rings. The van der Waals surface area contributed by atoms with E-state index in [9.17, 15) is 0 Å². The summed E-state index contributed by atoms with van der Waals surface area (Å²) in [6.45, 7) is 0. The Balaban J connectivity index is 1.63. The van der Waals surface area contributed by atoms with Crippen molar-refractivity contribution in [3.05, 3.63) is 89.5 Å². The zero-order valence-corrected chi connectivity index (χ0v) is 16.8. The number of nitrogens with one attached hydrogen (secondary N) is 1. The maximum atomic E-state index is 5.46. The first-order chi connectivity index (χ1) is 14.7. The molecule has 30 heavy (non-hydrogen) atoms. The highest BCUT2D eigenvalue weighted by Gasteiger charge is 2.37. The topological polar surface area (TPSA) is 73.2 Å². The average molecular weight is 399 g/mol. The molecule has 0 atom stereocenters. The van der Waals surface area contributed by atoms with Gasteiger partial charge in [-0.05, 0) is 35.4 Å². The van der Waals surface area contributed by atoms with Gasteiger partial charge in [-0.3, -0.25) is 5.10 Å². The highest BCUT2D eigenvalue weighted by Crippen LogP contribution is 2.43. The molecule has 0 saturated heterocycles. The summed E-state index contributed by atoms with van der Waals surface area (Å²) in [5, 5.41) is 7.68.